The quantitative estimate of drug-likeness (QED) is 0.861. The lowest BCUT2D eigenvalue weighted by Crippen LogP contribution is -2.09. The second kappa shape index (κ2) is 3.86. The number of amides is 1. The minimum Gasteiger partial charge on any atom is -0.494 e. The van der Waals surface area contributed by atoms with Crippen LogP contribution in [0.4, 0.5) is 0 Å². The first-order chi connectivity index (χ1) is 7.20. The minimum atomic E-state index is -0.492. The second-order valence-electron chi connectivity index (χ2n) is 2.95. The van der Waals surface area contributed by atoms with Gasteiger partial charge in [-0.1, -0.05) is 0 Å². The van der Waals surface area contributed by atoms with Crippen molar-refractivity contribution in [2.24, 2.45) is 5.73 Å². The fourth-order valence-corrected chi connectivity index (χ4v) is 2.11. The molecule has 0 aliphatic carbocycles. The molecule has 0 radical (unpaired) electrons. The van der Waals surface area contributed by atoms with Gasteiger partial charge < -0.3 is 10.5 Å². The first-order valence-electron chi connectivity index (χ1n) is 4.54. The van der Waals surface area contributed by atoms with Gasteiger partial charge in [0.1, 0.15) is 5.75 Å². The summed E-state index contributed by atoms with van der Waals surface area (Å²) in [6, 6.07) is 5.52. The first kappa shape index (κ1) is 9.92. The van der Waals surface area contributed by atoms with Crippen molar-refractivity contribution in [3.05, 3.63) is 23.2 Å². The van der Waals surface area contributed by atoms with Gasteiger partial charge in [-0.15, -0.1) is 11.3 Å². The van der Waals surface area contributed by atoms with E-state index < -0.39 is 5.91 Å². The van der Waals surface area contributed by atoms with Crippen molar-refractivity contribution in [1.82, 2.24) is 4.98 Å². The fraction of sp³-hybridized carbons (Fsp3) is 0.200. The Kier molecular flexibility index (Phi) is 2.55. The number of carbonyl (C=O) groups is 1. The Balaban J connectivity index is 2.47. The molecule has 1 aromatic heterocycles. The van der Waals surface area contributed by atoms with Gasteiger partial charge in [-0.2, -0.15) is 0 Å². The zero-order chi connectivity index (χ0) is 10.8. The Morgan fingerprint density at radius 1 is 1.60 bits per heavy atom. The predicted molar refractivity (Wildman–Crippen MR) is 59.3 cm³/mol. The molecule has 2 aromatic rings. The van der Waals surface area contributed by atoms with Crippen LogP contribution >= 0.6 is 11.3 Å². The molecule has 15 heavy (non-hydrogen) atoms. The molecule has 2 rings (SSSR count). The van der Waals surface area contributed by atoms with E-state index in [1.165, 1.54) is 11.3 Å². The zero-order valence-electron chi connectivity index (χ0n) is 8.19. The molecule has 1 aromatic carbocycles. The molecular weight excluding hydrogens is 212 g/mol. The van der Waals surface area contributed by atoms with Crippen LogP contribution in [0.3, 0.4) is 0 Å². The zero-order valence-corrected chi connectivity index (χ0v) is 9.00. The number of ether oxygens (including phenoxy) is 1. The van der Waals surface area contributed by atoms with E-state index in [0.29, 0.717) is 11.6 Å². The largest absolute Gasteiger partial charge is 0.494 e. The van der Waals surface area contributed by atoms with Crippen molar-refractivity contribution < 1.29 is 9.53 Å². The molecule has 0 aliphatic rings. The van der Waals surface area contributed by atoms with Gasteiger partial charge >= 0.3 is 0 Å². The van der Waals surface area contributed by atoms with Gasteiger partial charge in [0.25, 0.3) is 5.91 Å². The van der Waals surface area contributed by atoms with Crippen LogP contribution in [0.15, 0.2) is 18.2 Å². The fourth-order valence-electron chi connectivity index (χ4n) is 1.27. The summed E-state index contributed by atoms with van der Waals surface area (Å²) in [5.74, 6) is 0.291. The van der Waals surface area contributed by atoms with Gasteiger partial charge in [-0.25, -0.2) is 4.98 Å². The Labute approximate surface area is 90.7 Å². The highest BCUT2D eigenvalue weighted by molar-refractivity contribution is 7.20. The Hall–Kier alpha value is -1.62. The number of thiazole rings is 1. The number of nitrogens with zero attached hydrogens (tertiary/aromatic N) is 1. The molecule has 2 N–H and O–H groups in total. The third-order valence-electron chi connectivity index (χ3n) is 1.88. The molecule has 0 atom stereocenters. The van der Waals surface area contributed by atoms with E-state index in [0.717, 1.165) is 16.0 Å². The number of hydrogen-bond donors (Lipinski definition) is 1. The highest BCUT2D eigenvalue weighted by Gasteiger charge is 2.08. The molecule has 0 unspecified atom stereocenters. The first-order valence-corrected chi connectivity index (χ1v) is 5.35. The summed E-state index contributed by atoms with van der Waals surface area (Å²) in [6.07, 6.45) is 0. The minimum absolute atomic E-state index is 0.332. The van der Waals surface area contributed by atoms with Crippen LogP contribution < -0.4 is 10.5 Å². The van der Waals surface area contributed by atoms with Crippen LogP contribution in [0.1, 0.15) is 16.7 Å². The van der Waals surface area contributed by atoms with Gasteiger partial charge in [0, 0.05) is 0 Å². The van der Waals surface area contributed by atoms with E-state index in [1.54, 1.807) is 0 Å². The number of fused-ring (bicyclic) bond motifs is 1. The van der Waals surface area contributed by atoms with E-state index in [1.807, 2.05) is 25.1 Å². The number of benzene rings is 1. The monoisotopic (exact) mass is 222 g/mol. The lowest BCUT2D eigenvalue weighted by molar-refractivity contribution is 0.1000. The maximum absolute atomic E-state index is 10.9. The third kappa shape index (κ3) is 1.92. The number of primary amides is 1. The molecule has 4 nitrogen and oxygen atoms in total. The smallest absolute Gasteiger partial charge is 0.277 e. The number of aromatic nitrogens is 1. The SMILES string of the molecule is CCOc1ccc2nc(C(N)=O)sc2c1. The summed E-state index contributed by atoms with van der Waals surface area (Å²) in [5.41, 5.74) is 5.93. The Morgan fingerprint density at radius 3 is 3.07 bits per heavy atom. The highest BCUT2D eigenvalue weighted by Crippen LogP contribution is 2.26. The lowest BCUT2D eigenvalue weighted by Gasteiger charge is -2.00. The van der Waals surface area contributed by atoms with Crippen molar-refractivity contribution in [3.63, 3.8) is 0 Å². The Morgan fingerprint density at radius 2 is 2.40 bits per heavy atom. The number of nitrogens with two attached hydrogens (primary N) is 1. The van der Waals surface area contributed by atoms with Crippen LogP contribution in [0.25, 0.3) is 10.2 Å². The molecule has 0 aliphatic heterocycles. The van der Waals surface area contributed by atoms with Crippen LogP contribution in [-0.2, 0) is 0 Å². The normalized spacial score (nSPS) is 10.5. The predicted octanol–water partition coefficient (Wildman–Crippen LogP) is 1.79. The third-order valence-corrected chi connectivity index (χ3v) is 2.91. The summed E-state index contributed by atoms with van der Waals surface area (Å²) in [5, 5.41) is 0.332. The van der Waals surface area contributed by atoms with Crippen molar-refractivity contribution in [3.8, 4) is 5.75 Å². The summed E-state index contributed by atoms with van der Waals surface area (Å²) in [7, 11) is 0. The van der Waals surface area contributed by atoms with Gasteiger partial charge in [0.15, 0.2) is 5.01 Å². The molecule has 0 spiro atoms. The average Bonchev–Trinajstić information content (AvgIpc) is 2.61. The summed E-state index contributed by atoms with van der Waals surface area (Å²) in [4.78, 5) is 15.0. The van der Waals surface area contributed by atoms with Crippen molar-refractivity contribution in [2.75, 3.05) is 6.61 Å². The van der Waals surface area contributed by atoms with E-state index in [2.05, 4.69) is 4.98 Å². The molecule has 0 bridgehead atoms. The van der Waals surface area contributed by atoms with E-state index in [9.17, 15) is 4.79 Å². The maximum Gasteiger partial charge on any atom is 0.277 e. The molecule has 78 valence electrons. The van der Waals surface area contributed by atoms with Crippen LogP contribution in [-0.4, -0.2) is 17.5 Å². The van der Waals surface area contributed by atoms with Crippen molar-refractivity contribution >= 4 is 27.5 Å². The van der Waals surface area contributed by atoms with E-state index in [-0.39, 0.29) is 0 Å². The molecular formula is C10H10N2O2S. The van der Waals surface area contributed by atoms with Crippen LogP contribution in [0.5, 0.6) is 5.75 Å². The van der Waals surface area contributed by atoms with Gasteiger partial charge in [-0.05, 0) is 25.1 Å². The standard InChI is InChI=1S/C10H10N2O2S/c1-2-14-6-3-4-7-8(5-6)15-10(12-7)9(11)13/h3-5H,2H2,1H3,(H2,11,13). The summed E-state index contributed by atoms with van der Waals surface area (Å²) < 4.78 is 6.26. The van der Waals surface area contributed by atoms with Crippen LogP contribution in [0, 0.1) is 0 Å². The van der Waals surface area contributed by atoms with E-state index in [4.69, 9.17) is 10.5 Å². The molecule has 1 amide bonds. The Bertz CT molecular complexity index is 507. The average molecular weight is 222 g/mol. The maximum atomic E-state index is 10.9. The molecule has 0 saturated carbocycles. The van der Waals surface area contributed by atoms with Crippen LogP contribution in [0.2, 0.25) is 0 Å². The number of rotatable bonds is 3. The molecule has 0 saturated heterocycles. The molecule has 0 fully saturated rings. The number of hydrogen-bond acceptors (Lipinski definition) is 4. The van der Waals surface area contributed by atoms with Crippen molar-refractivity contribution in [2.45, 2.75) is 6.92 Å². The number of carbonyl (C=O) groups excluding carboxylic acids is 1. The van der Waals surface area contributed by atoms with Gasteiger partial charge in [0.05, 0.1) is 16.8 Å². The lowest BCUT2D eigenvalue weighted by atomic mass is 10.3. The van der Waals surface area contributed by atoms with Gasteiger partial charge in [0.2, 0.25) is 0 Å². The van der Waals surface area contributed by atoms with Crippen molar-refractivity contribution in [1.29, 1.82) is 0 Å². The second-order valence-corrected chi connectivity index (χ2v) is 3.98. The highest BCUT2D eigenvalue weighted by atomic mass is 32.1. The summed E-state index contributed by atoms with van der Waals surface area (Å²) >= 11 is 1.28. The molecule has 1 heterocycles. The molecule has 5 heteroatoms. The van der Waals surface area contributed by atoms with Gasteiger partial charge in [-0.3, -0.25) is 4.79 Å². The summed E-state index contributed by atoms with van der Waals surface area (Å²) in [6.45, 7) is 2.54. The topological polar surface area (TPSA) is 65.2 Å². The van der Waals surface area contributed by atoms with E-state index >= 15 is 0 Å².